The fourth-order valence-electron chi connectivity index (χ4n) is 3.44. The van der Waals surface area contributed by atoms with E-state index >= 15 is 0 Å². The number of hydrogen-bond donors (Lipinski definition) is 0. The molecule has 3 rings (SSSR count). The van der Waals surface area contributed by atoms with Gasteiger partial charge in [0.05, 0.1) is 18.7 Å². The van der Waals surface area contributed by atoms with Crippen molar-refractivity contribution in [2.45, 2.75) is 26.6 Å². The molecule has 1 aliphatic heterocycles. The number of hydrogen-bond acceptors (Lipinski definition) is 6. The number of rotatable bonds is 7. The summed E-state index contributed by atoms with van der Waals surface area (Å²) < 4.78 is 43.9. The van der Waals surface area contributed by atoms with Gasteiger partial charge < -0.3 is 9.42 Å². The summed E-state index contributed by atoms with van der Waals surface area (Å²) in [5, 5.41) is 3.83. The number of likely N-dealkylation sites (N-methyl/N-ethyl adjacent to an activating group) is 1. The van der Waals surface area contributed by atoms with Crippen molar-refractivity contribution in [2.75, 3.05) is 45.8 Å². The fraction of sp³-hybridized carbons (Fsp3) is 0.550. The quantitative estimate of drug-likeness (QED) is 0.680. The van der Waals surface area contributed by atoms with Gasteiger partial charge in [0.1, 0.15) is 0 Å². The first kappa shape index (κ1) is 22.2. The molecule has 30 heavy (non-hydrogen) atoms. The van der Waals surface area contributed by atoms with Crippen molar-refractivity contribution in [1.82, 2.24) is 24.8 Å². The molecule has 7 nitrogen and oxygen atoms in total. The van der Waals surface area contributed by atoms with Crippen LogP contribution in [0.25, 0.3) is 11.4 Å². The van der Waals surface area contributed by atoms with E-state index in [1.165, 1.54) is 12.1 Å². The highest BCUT2D eigenvalue weighted by Gasteiger charge is 2.31. The molecule has 0 unspecified atom stereocenters. The van der Waals surface area contributed by atoms with Crippen molar-refractivity contribution < 1.29 is 22.5 Å². The summed E-state index contributed by atoms with van der Waals surface area (Å²) in [4.78, 5) is 22.6. The maximum atomic E-state index is 12.9. The maximum absolute atomic E-state index is 12.9. The van der Waals surface area contributed by atoms with E-state index in [0.29, 0.717) is 32.1 Å². The minimum atomic E-state index is -4.42. The third kappa shape index (κ3) is 5.57. The van der Waals surface area contributed by atoms with E-state index in [1.54, 1.807) is 0 Å². The molecule has 1 fully saturated rings. The predicted molar refractivity (Wildman–Crippen MR) is 104 cm³/mol. The van der Waals surface area contributed by atoms with Gasteiger partial charge in [0.25, 0.3) is 0 Å². The maximum Gasteiger partial charge on any atom is 0.416 e. The van der Waals surface area contributed by atoms with E-state index in [2.05, 4.69) is 19.9 Å². The van der Waals surface area contributed by atoms with Crippen molar-refractivity contribution in [3.8, 4) is 11.4 Å². The molecule has 2 heterocycles. The number of halogens is 3. The van der Waals surface area contributed by atoms with Gasteiger partial charge in [-0.3, -0.25) is 14.6 Å². The summed E-state index contributed by atoms with van der Waals surface area (Å²) in [6, 6.07) is 4.87. The SMILES string of the molecule is CCN(CC)C(=O)CN1CCN(Cc2nc(-c3cccc(C(F)(F)F)c3)no2)CC1. The number of amides is 1. The molecular formula is C20H26F3N5O2. The number of benzene rings is 1. The minimum Gasteiger partial charge on any atom is -0.342 e. The van der Waals surface area contributed by atoms with Gasteiger partial charge in [0, 0.05) is 44.8 Å². The summed E-state index contributed by atoms with van der Waals surface area (Å²) in [5.74, 6) is 0.630. The first-order chi connectivity index (χ1) is 14.3. The first-order valence-electron chi connectivity index (χ1n) is 10.0. The van der Waals surface area contributed by atoms with E-state index in [4.69, 9.17) is 4.52 Å². The number of alkyl halides is 3. The van der Waals surface area contributed by atoms with E-state index in [9.17, 15) is 18.0 Å². The van der Waals surface area contributed by atoms with E-state index < -0.39 is 11.7 Å². The zero-order valence-electron chi connectivity index (χ0n) is 17.2. The van der Waals surface area contributed by atoms with Crippen LogP contribution in [0.4, 0.5) is 13.2 Å². The molecule has 0 N–H and O–H groups in total. The number of piperazine rings is 1. The van der Waals surface area contributed by atoms with Crippen LogP contribution in [0.15, 0.2) is 28.8 Å². The summed E-state index contributed by atoms with van der Waals surface area (Å²) in [6.45, 7) is 9.18. The average molecular weight is 425 g/mol. The Kier molecular flexibility index (Phi) is 7.09. The van der Waals surface area contributed by atoms with Crippen LogP contribution in [0.1, 0.15) is 25.3 Å². The molecule has 0 saturated carbocycles. The average Bonchev–Trinajstić information content (AvgIpc) is 3.18. The van der Waals surface area contributed by atoms with Crippen molar-refractivity contribution >= 4 is 5.91 Å². The molecule has 0 atom stereocenters. The smallest absolute Gasteiger partial charge is 0.342 e. The molecule has 1 aromatic heterocycles. The third-order valence-electron chi connectivity index (χ3n) is 5.21. The highest BCUT2D eigenvalue weighted by Crippen LogP contribution is 2.31. The van der Waals surface area contributed by atoms with Gasteiger partial charge in [-0.05, 0) is 26.0 Å². The summed E-state index contributed by atoms with van der Waals surface area (Å²) in [6.07, 6.45) is -4.42. The molecule has 0 radical (unpaired) electrons. The van der Waals surface area contributed by atoms with Crippen LogP contribution in [0.5, 0.6) is 0 Å². The molecular weight excluding hydrogens is 399 g/mol. The van der Waals surface area contributed by atoms with Gasteiger partial charge in [0.15, 0.2) is 0 Å². The number of nitrogens with zero attached hydrogens (tertiary/aromatic N) is 5. The standard InChI is InChI=1S/C20H26F3N5O2/c1-3-28(4-2)18(29)14-27-10-8-26(9-11-27)13-17-24-19(25-30-17)15-6-5-7-16(12-15)20(21,22)23/h5-7,12H,3-4,8-11,13-14H2,1-2H3. The van der Waals surface area contributed by atoms with Crippen LogP contribution in [-0.2, 0) is 17.5 Å². The molecule has 2 aromatic rings. The lowest BCUT2D eigenvalue weighted by atomic mass is 10.1. The van der Waals surface area contributed by atoms with Crippen molar-refractivity contribution in [1.29, 1.82) is 0 Å². The van der Waals surface area contributed by atoms with Crippen LogP contribution in [0.2, 0.25) is 0 Å². The van der Waals surface area contributed by atoms with Crippen molar-refractivity contribution in [2.24, 2.45) is 0 Å². The largest absolute Gasteiger partial charge is 0.416 e. The van der Waals surface area contributed by atoms with Crippen LogP contribution in [-0.4, -0.2) is 76.6 Å². The van der Waals surface area contributed by atoms with Crippen LogP contribution in [0.3, 0.4) is 0 Å². The van der Waals surface area contributed by atoms with Crippen LogP contribution >= 0.6 is 0 Å². The molecule has 1 amide bonds. The second-order valence-electron chi connectivity index (χ2n) is 7.21. The van der Waals surface area contributed by atoms with Gasteiger partial charge in [-0.25, -0.2) is 0 Å². The lowest BCUT2D eigenvalue weighted by molar-refractivity contribution is -0.137. The van der Waals surface area contributed by atoms with Gasteiger partial charge in [-0.1, -0.05) is 17.3 Å². The monoisotopic (exact) mass is 425 g/mol. The lowest BCUT2D eigenvalue weighted by Gasteiger charge is -2.34. The fourth-order valence-corrected chi connectivity index (χ4v) is 3.44. The zero-order chi connectivity index (χ0) is 21.7. The van der Waals surface area contributed by atoms with Gasteiger partial charge in [-0.15, -0.1) is 0 Å². The first-order valence-corrected chi connectivity index (χ1v) is 10.0. The normalized spacial score (nSPS) is 16.0. The number of carbonyl (C=O) groups excluding carboxylic acids is 1. The molecule has 0 spiro atoms. The van der Waals surface area contributed by atoms with Gasteiger partial charge >= 0.3 is 6.18 Å². The molecule has 1 saturated heterocycles. The highest BCUT2D eigenvalue weighted by molar-refractivity contribution is 5.78. The van der Waals surface area contributed by atoms with Crippen LogP contribution in [0, 0.1) is 0 Å². The molecule has 0 bridgehead atoms. The lowest BCUT2D eigenvalue weighted by Crippen LogP contribution is -2.49. The minimum absolute atomic E-state index is 0.135. The summed E-state index contributed by atoms with van der Waals surface area (Å²) >= 11 is 0. The van der Waals surface area contributed by atoms with Crippen LogP contribution < -0.4 is 0 Å². The topological polar surface area (TPSA) is 65.7 Å². The Balaban J connectivity index is 1.53. The Hall–Kier alpha value is -2.46. The summed E-state index contributed by atoms with van der Waals surface area (Å²) in [7, 11) is 0. The second-order valence-corrected chi connectivity index (χ2v) is 7.21. The highest BCUT2D eigenvalue weighted by atomic mass is 19.4. The molecule has 0 aliphatic carbocycles. The Morgan fingerprint density at radius 2 is 1.80 bits per heavy atom. The third-order valence-corrected chi connectivity index (χ3v) is 5.21. The Labute approximate surface area is 173 Å². The second kappa shape index (κ2) is 9.57. The zero-order valence-corrected chi connectivity index (χ0v) is 17.2. The Morgan fingerprint density at radius 3 is 2.43 bits per heavy atom. The van der Waals surface area contributed by atoms with Gasteiger partial charge in [-0.2, -0.15) is 18.2 Å². The molecule has 164 valence electrons. The molecule has 1 aromatic carbocycles. The van der Waals surface area contributed by atoms with Crippen molar-refractivity contribution in [3.63, 3.8) is 0 Å². The Morgan fingerprint density at radius 1 is 1.13 bits per heavy atom. The summed E-state index contributed by atoms with van der Waals surface area (Å²) in [5.41, 5.74) is -0.485. The molecule has 1 aliphatic rings. The Bertz CT molecular complexity index is 843. The van der Waals surface area contributed by atoms with E-state index in [0.717, 1.165) is 38.3 Å². The van der Waals surface area contributed by atoms with E-state index in [1.807, 2.05) is 18.7 Å². The van der Waals surface area contributed by atoms with Gasteiger partial charge in [0.2, 0.25) is 17.6 Å². The van der Waals surface area contributed by atoms with Crippen molar-refractivity contribution in [3.05, 3.63) is 35.7 Å². The molecule has 10 heteroatoms. The number of aromatic nitrogens is 2. The predicted octanol–water partition coefficient (Wildman–Crippen LogP) is 2.74. The number of carbonyl (C=O) groups is 1. The van der Waals surface area contributed by atoms with E-state index in [-0.39, 0.29) is 17.3 Å².